The van der Waals surface area contributed by atoms with Crippen molar-refractivity contribution in [2.45, 2.75) is 508 Å². The van der Waals surface area contributed by atoms with Gasteiger partial charge < -0.3 is 20.3 Å². The Morgan fingerprint density at radius 3 is 0.780 bits per heavy atom. The van der Waals surface area contributed by atoms with Crippen LogP contribution < -0.4 is 5.32 Å². The summed E-state index contributed by atoms with van der Waals surface area (Å²) < 4.78 is 5.51. The van der Waals surface area contributed by atoms with E-state index in [4.69, 9.17) is 4.74 Å². The number of carbonyl (C=O) groups excluding carboxylic acids is 2. The number of hydrogen-bond donors (Lipinski definition) is 3. The van der Waals surface area contributed by atoms with Crippen LogP contribution in [-0.2, 0) is 14.3 Å². The van der Waals surface area contributed by atoms with Gasteiger partial charge in [-0.3, -0.25) is 9.59 Å². The molecule has 6 nitrogen and oxygen atoms in total. The van der Waals surface area contributed by atoms with Gasteiger partial charge >= 0.3 is 5.97 Å². The fourth-order valence-electron chi connectivity index (χ4n) is 13.9. The summed E-state index contributed by atoms with van der Waals surface area (Å²) >= 11 is 0. The average Bonchev–Trinajstić information content (AvgIpc) is 3.67. The molecule has 0 saturated heterocycles. The highest BCUT2D eigenvalue weighted by molar-refractivity contribution is 5.76. The molecule has 2 unspecified atom stereocenters. The molecule has 0 heterocycles. The van der Waals surface area contributed by atoms with E-state index in [1.165, 1.54) is 424 Å². The van der Waals surface area contributed by atoms with Crippen molar-refractivity contribution >= 4 is 11.9 Å². The fraction of sp³-hybridized carbons (Fsp3) is 0.953. The first kappa shape index (κ1) is 89.6. The van der Waals surface area contributed by atoms with E-state index in [-0.39, 0.29) is 18.5 Å². The Balaban J connectivity index is 3.32. The summed E-state index contributed by atoms with van der Waals surface area (Å²) in [6.07, 6.45) is 103. The molecule has 91 heavy (non-hydrogen) atoms. The molecule has 6 heteroatoms. The molecular weight excluding hydrogens is 1110 g/mol. The van der Waals surface area contributed by atoms with Crippen molar-refractivity contribution in [3.8, 4) is 0 Å². The molecule has 0 aliphatic heterocycles. The first-order chi connectivity index (χ1) is 45.0. The summed E-state index contributed by atoms with van der Waals surface area (Å²) in [7, 11) is 0. The SMILES string of the molecule is CCCCCCCCCCCCCCCCCCCCCCCCC(O)C(CO)NC(=O)CCCCCCCCCCCCCCCCCCC/C=C\CCCCCCCCCCCCCCCCCCOC(=O)CCCCCCCCCCCCCCCCC. The average molecular weight is 1280 g/mol. The molecule has 0 bridgehead atoms. The number of aliphatic hydroxyl groups excluding tert-OH is 2. The zero-order valence-corrected chi connectivity index (χ0v) is 62.4. The third-order valence-corrected chi connectivity index (χ3v) is 20.3. The van der Waals surface area contributed by atoms with Crippen LogP contribution in [0.2, 0.25) is 0 Å². The van der Waals surface area contributed by atoms with Gasteiger partial charge in [-0.15, -0.1) is 0 Å². The minimum Gasteiger partial charge on any atom is -0.466 e. The van der Waals surface area contributed by atoms with Gasteiger partial charge in [0.2, 0.25) is 5.91 Å². The molecule has 0 radical (unpaired) electrons. The number of amides is 1. The van der Waals surface area contributed by atoms with E-state index < -0.39 is 12.1 Å². The Hall–Kier alpha value is -1.40. The lowest BCUT2D eigenvalue weighted by Crippen LogP contribution is -2.45. The number of unbranched alkanes of at least 4 members (excludes halogenated alkanes) is 68. The predicted molar refractivity (Wildman–Crippen MR) is 403 cm³/mol. The van der Waals surface area contributed by atoms with E-state index in [1.807, 2.05) is 0 Å². The second-order valence-electron chi connectivity index (χ2n) is 29.5. The number of nitrogens with one attached hydrogen (secondary N) is 1. The third-order valence-electron chi connectivity index (χ3n) is 20.3. The smallest absolute Gasteiger partial charge is 0.305 e. The van der Waals surface area contributed by atoms with Crippen LogP contribution in [-0.4, -0.2) is 47.4 Å². The summed E-state index contributed by atoms with van der Waals surface area (Å²) in [6, 6.07) is -0.539. The number of esters is 1. The van der Waals surface area contributed by atoms with E-state index in [9.17, 15) is 19.8 Å². The number of rotatable bonds is 81. The molecule has 0 aliphatic rings. The van der Waals surface area contributed by atoms with Crippen LogP contribution in [0.5, 0.6) is 0 Å². The quantitative estimate of drug-likeness (QED) is 0.0320. The second-order valence-corrected chi connectivity index (χ2v) is 29.5. The fourth-order valence-corrected chi connectivity index (χ4v) is 13.9. The normalized spacial score (nSPS) is 12.4. The van der Waals surface area contributed by atoms with Crippen molar-refractivity contribution in [1.29, 1.82) is 0 Å². The Bertz CT molecular complexity index is 1380. The lowest BCUT2D eigenvalue weighted by Gasteiger charge is -2.22. The van der Waals surface area contributed by atoms with Gasteiger partial charge in [0.1, 0.15) is 0 Å². The lowest BCUT2D eigenvalue weighted by atomic mass is 10.0. The van der Waals surface area contributed by atoms with Crippen LogP contribution in [0, 0.1) is 0 Å². The highest BCUT2D eigenvalue weighted by Crippen LogP contribution is 2.21. The van der Waals surface area contributed by atoms with Crippen LogP contribution in [0.25, 0.3) is 0 Å². The molecule has 0 aromatic rings. The number of aliphatic hydroxyl groups is 2. The van der Waals surface area contributed by atoms with Crippen molar-refractivity contribution in [3.63, 3.8) is 0 Å². The maximum absolute atomic E-state index is 12.6. The van der Waals surface area contributed by atoms with E-state index >= 15 is 0 Å². The van der Waals surface area contributed by atoms with Gasteiger partial charge in [0.25, 0.3) is 0 Å². The van der Waals surface area contributed by atoms with E-state index in [0.717, 1.165) is 38.5 Å². The van der Waals surface area contributed by atoms with Gasteiger partial charge in [0.15, 0.2) is 0 Å². The van der Waals surface area contributed by atoms with Crippen molar-refractivity contribution < 1.29 is 24.5 Å². The zero-order chi connectivity index (χ0) is 65.6. The first-order valence-electron chi connectivity index (χ1n) is 42.4. The van der Waals surface area contributed by atoms with Gasteiger partial charge in [-0.05, 0) is 51.4 Å². The zero-order valence-electron chi connectivity index (χ0n) is 62.4. The molecule has 0 spiro atoms. The van der Waals surface area contributed by atoms with E-state index in [1.54, 1.807) is 0 Å². The highest BCUT2D eigenvalue weighted by Gasteiger charge is 2.20. The van der Waals surface area contributed by atoms with Gasteiger partial charge in [-0.1, -0.05) is 443 Å². The minimum absolute atomic E-state index is 0.0248. The maximum Gasteiger partial charge on any atom is 0.305 e. The van der Waals surface area contributed by atoms with Crippen molar-refractivity contribution in [3.05, 3.63) is 12.2 Å². The van der Waals surface area contributed by atoms with Crippen LogP contribution in [0.15, 0.2) is 12.2 Å². The molecular formula is C85H167NO5. The highest BCUT2D eigenvalue weighted by atomic mass is 16.5. The third kappa shape index (κ3) is 77.5. The molecule has 542 valence electrons. The summed E-state index contributed by atoms with van der Waals surface area (Å²) in [4.78, 5) is 24.7. The molecule has 3 N–H and O–H groups in total. The molecule has 0 rings (SSSR count). The van der Waals surface area contributed by atoms with Gasteiger partial charge in [0.05, 0.1) is 25.4 Å². The van der Waals surface area contributed by atoms with Crippen molar-refractivity contribution in [1.82, 2.24) is 5.32 Å². The number of ether oxygens (including phenoxy) is 1. The summed E-state index contributed by atoms with van der Waals surface area (Å²) in [5.74, 6) is 0.000958. The molecule has 0 aromatic heterocycles. The van der Waals surface area contributed by atoms with Gasteiger partial charge in [-0.2, -0.15) is 0 Å². The Morgan fingerprint density at radius 1 is 0.297 bits per heavy atom. The number of hydrogen-bond acceptors (Lipinski definition) is 5. The standard InChI is InChI=1S/C85H167NO5/c1-3-5-7-9-11-13-15-17-19-20-21-22-40-43-46-50-53-57-61-65-69-73-77-83(88)82(81-87)86-84(89)78-74-70-66-62-58-54-51-47-44-41-38-36-34-32-30-28-26-24-23-25-27-29-31-33-35-37-39-42-45-48-52-56-60-64-68-72-76-80-91-85(90)79-75-71-67-63-59-55-49-18-16-14-12-10-8-6-4-2/h23,25,82-83,87-88H,3-22,24,26-81H2,1-2H3,(H,86,89)/b25-23-. The summed E-state index contributed by atoms with van der Waals surface area (Å²) in [6.45, 7) is 5.02. The number of allylic oxidation sites excluding steroid dienone is 2. The Morgan fingerprint density at radius 2 is 0.516 bits per heavy atom. The van der Waals surface area contributed by atoms with Crippen molar-refractivity contribution in [2.75, 3.05) is 13.2 Å². The van der Waals surface area contributed by atoms with Gasteiger partial charge in [-0.25, -0.2) is 0 Å². The lowest BCUT2D eigenvalue weighted by molar-refractivity contribution is -0.143. The largest absolute Gasteiger partial charge is 0.466 e. The second kappa shape index (κ2) is 81.0. The van der Waals surface area contributed by atoms with Crippen LogP contribution >= 0.6 is 0 Å². The minimum atomic E-state index is -0.662. The van der Waals surface area contributed by atoms with Crippen LogP contribution in [0.1, 0.15) is 495 Å². The van der Waals surface area contributed by atoms with E-state index in [2.05, 4.69) is 31.3 Å². The first-order valence-corrected chi connectivity index (χ1v) is 42.4. The van der Waals surface area contributed by atoms with Crippen LogP contribution in [0.4, 0.5) is 0 Å². The molecule has 0 aromatic carbocycles. The Kier molecular flexibility index (Phi) is 79.8. The molecule has 0 aliphatic carbocycles. The topological polar surface area (TPSA) is 95.9 Å². The molecule has 0 fully saturated rings. The molecule has 1 amide bonds. The maximum atomic E-state index is 12.6. The van der Waals surface area contributed by atoms with Crippen LogP contribution in [0.3, 0.4) is 0 Å². The molecule has 2 atom stereocenters. The number of carbonyl (C=O) groups is 2. The summed E-state index contributed by atoms with van der Waals surface area (Å²) in [5.41, 5.74) is 0. The van der Waals surface area contributed by atoms with E-state index in [0.29, 0.717) is 25.9 Å². The summed E-state index contributed by atoms with van der Waals surface area (Å²) in [5, 5.41) is 23.5. The van der Waals surface area contributed by atoms with Crippen molar-refractivity contribution in [2.24, 2.45) is 0 Å². The van der Waals surface area contributed by atoms with Gasteiger partial charge in [0, 0.05) is 12.8 Å². The Labute approximate surface area is 571 Å². The molecule has 0 saturated carbocycles. The monoisotopic (exact) mass is 1280 g/mol. The predicted octanol–water partition coefficient (Wildman–Crippen LogP) is 28.2.